The molecule has 0 radical (unpaired) electrons. The van der Waals surface area contributed by atoms with Crippen LogP contribution < -0.4 is 4.90 Å². The number of rotatable bonds is 3. The molecule has 0 bridgehead atoms. The number of para-hydroxylation sites is 2. The lowest BCUT2D eigenvalue weighted by Gasteiger charge is -2.38. The SMILES string of the molecule is CC(C)N1CCN(c2ccc(F)c(-c3nc4ccccc4n3C)c2)CC1. The van der Waals surface area contributed by atoms with Crippen molar-refractivity contribution < 1.29 is 4.39 Å². The van der Waals surface area contributed by atoms with Gasteiger partial charge in [-0.3, -0.25) is 4.90 Å². The van der Waals surface area contributed by atoms with Crippen molar-refractivity contribution in [3.63, 3.8) is 0 Å². The largest absolute Gasteiger partial charge is 0.369 e. The first-order valence-corrected chi connectivity index (χ1v) is 9.25. The highest BCUT2D eigenvalue weighted by atomic mass is 19.1. The maximum absolute atomic E-state index is 14.6. The van der Waals surface area contributed by atoms with Crippen LogP contribution in [0.2, 0.25) is 0 Å². The van der Waals surface area contributed by atoms with Gasteiger partial charge in [0.25, 0.3) is 0 Å². The zero-order chi connectivity index (χ0) is 18.3. The minimum atomic E-state index is -0.229. The molecule has 0 aliphatic carbocycles. The second-order valence-electron chi connectivity index (χ2n) is 7.26. The van der Waals surface area contributed by atoms with Crippen molar-refractivity contribution in [3.8, 4) is 11.4 Å². The highest BCUT2D eigenvalue weighted by Crippen LogP contribution is 2.30. The van der Waals surface area contributed by atoms with Gasteiger partial charge in [-0.25, -0.2) is 9.37 Å². The fraction of sp³-hybridized carbons (Fsp3) is 0.381. The number of piperazine rings is 1. The number of hydrogen-bond donors (Lipinski definition) is 0. The van der Waals surface area contributed by atoms with Crippen molar-refractivity contribution in [2.24, 2.45) is 7.05 Å². The number of halogens is 1. The Labute approximate surface area is 153 Å². The second-order valence-corrected chi connectivity index (χ2v) is 7.26. The third-order valence-electron chi connectivity index (χ3n) is 5.39. The number of imidazole rings is 1. The summed E-state index contributed by atoms with van der Waals surface area (Å²) < 4.78 is 16.6. The lowest BCUT2D eigenvalue weighted by molar-refractivity contribution is 0.209. The number of benzene rings is 2. The van der Waals surface area contributed by atoms with E-state index in [1.165, 1.54) is 0 Å². The van der Waals surface area contributed by atoms with Crippen molar-refractivity contribution in [1.29, 1.82) is 0 Å². The first-order valence-electron chi connectivity index (χ1n) is 9.25. The Kier molecular flexibility index (Phi) is 4.41. The van der Waals surface area contributed by atoms with E-state index >= 15 is 0 Å². The summed E-state index contributed by atoms with van der Waals surface area (Å²) in [5.74, 6) is 0.444. The molecular formula is C21H25FN4. The maximum atomic E-state index is 14.6. The number of fused-ring (bicyclic) bond motifs is 1. The molecule has 0 saturated carbocycles. The van der Waals surface area contributed by atoms with E-state index in [2.05, 4.69) is 28.6 Å². The molecule has 0 amide bonds. The molecule has 4 nitrogen and oxygen atoms in total. The van der Waals surface area contributed by atoms with Crippen molar-refractivity contribution in [2.75, 3.05) is 31.1 Å². The average molecular weight is 352 g/mol. The first-order chi connectivity index (χ1) is 12.5. The van der Waals surface area contributed by atoms with Crippen LogP contribution in [0.1, 0.15) is 13.8 Å². The molecule has 1 fully saturated rings. The molecule has 5 heteroatoms. The highest BCUT2D eigenvalue weighted by Gasteiger charge is 2.21. The lowest BCUT2D eigenvalue weighted by Crippen LogP contribution is -2.48. The molecule has 1 aliphatic rings. The Bertz CT molecular complexity index is 923. The van der Waals surface area contributed by atoms with E-state index in [1.807, 2.05) is 48.0 Å². The Morgan fingerprint density at radius 2 is 1.73 bits per heavy atom. The van der Waals surface area contributed by atoms with Gasteiger partial charge in [0.1, 0.15) is 11.6 Å². The van der Waals surface area contributed by atoms with Gasteiger partial charge in [0.15, 0.2) is 0 Å². The normalized spacial score (nSPS) is 16.0. The fourth-order valence-electron chi connectivity index (χ4n) is 3.76. The number of aromatic nitrogens is 2. The van der Waals surface area contributed by atoms with Crippen LogP contribution >= 0.6 is 0 Å². The molecule has 1 aromatic heterocycles. The van der Waals surface area contributed by atoms with Gasteiger partial charge < -0.3 is 9.47 Å². The Hall–Kier alpha value is -2.40. The quantitative estimate of drug-likeness (QED) is 0.714. The highest BCUT2D eigenvalue weighted by molar-refractivity contribution is 5.81. The van der Waals surface area contributed by atoms with Crippen LogP contribution in [-0.4, -0.2) is 46.7 Å². The van der Waals surface area contributed by atoms with E-state index in [9.17, 15) is 4.39 Å². The van der Waals surface area contributed by atoms with Crippen molar-refractivity contribution in [2.45, 2.75) is 19.9 Å². The molecule has 136 valence electrons. The minimum absolute atomic E-state index is 0.229. The summed E-state index contributed by atoms with van der Waals surface area (Å²) in [7, 11) is 1.94. The summed E-state index contributed by atoms with van der Waals surface area (Å²) in [6.07, 6.45) is 0. The molecule has 0 N–H and O–H groups in total. The van der Waals surface area contributed by atoms with E-state index in [4.69, 9.17) is 0 Å². The third kappa shape index (κ3) is 2.97. The zero-order valence-electron chi connectivity index (χ0n) is 15.6. The fourth-order valence-corrected chi connectivity index (χ4v) is 3.76. The van der Waals surface area contributed by atoms with Gasteiger partial charge in [-0.1, -0.05) is 12.1 Å². The zero-order valence-corrected chi connectivity index (χ0v) is 15.6. The summed E-state index contributed by atoms with van der Waals surface area (Å²) >= 11 is 0. The third-order valence-corrected chi connectivity index (χ3v) is 5.39. The van der Waals surface area contributed by atoms with Crippen LogP contribution in [0.25, 0.3) is 22.4 Å². The van der Waals surface area contributed by atoms with Crippen LogP contribution in [0, 0.1) is 5.82 Å². The second kappa shape index (κ2) is 6.72. The van der Waals surface area contributed by atoms with E-state index in [1.54, 1.807) is 6.07 Å². The van der Waals surface area contributed by atoms with Crippen molar-refractivity contribution in [3.05, 3.63) is 48.3 Å². The monoisotopic (exact) mass is 352 g/mol. The molecule has 1 aliphatic heterocycles. The van der Waals surface area contributed by atoms with Gasteiger partial charge >= 0.3 is 0 Å². The van der Waals surface area contributed by atoms with Crippen LogP contribution in [0.4, 0.5) is 10.1 Å². The predicted molar refractivity (Wildman–Crippen MR) is 105 cm³/mol. The summed E-state index contributed by atoms with van der Waals surface area (Å²) in [6, 6.07) is 13.9. The van der Waals surface area contributed by atoms with Crippen LogP contribution in [-0.2, 0) is 7.05 Å². The Morgan fingerprint density at radius 3 is 2.42 bits per heavy atom. The van der Waals surface area contributed by atoms with E-state index in [0.717, 1.165) is 42.9 Å². The van der Waals surface area contributed by atoms with Crippen molar-refractivity contribution in [1.82, 2.24) is 14.5 Å². The van der Waals surface area contributed by atoms with Crippen LogP contribution in [0.15, 0.2) is 42.5 Å². The molecule has 0 spiro atoms. The average Bonchev–Trinajstić information content (AvgIpc) is 2.99. The topological polar surface area (TPSA) is 24.3 Å². The molecule has 2 heterocycles. The first kappa shape index (κ1) is 17.0. The summed E-state index contributed by atoms with van der Waals surface area (Å²) in [6.45, 7) is 8.47. The van der Waals surface area contributed by atoms with Gasteiger partial charge in [0.05, 0.1) is 16.6 Å². The minimum Gasteiger partial charge on any atom is -0.369 e. The molecule has 0 unspecified atom stereocenters. The molecule has 0 atom stereocenters. The number of nitrogens with zero attached hydrogens (tertiary/aromatic N) is 4. The smallest absolute Gasteiger partial charge is 0.143 e. The number of hydrogen-bond acceptors (Lipinski definition) is 3. The Morgan fingerprint density at radius 1 is 1.00 bits per heavy atom. The summed E-state index contributed by atoms with van der Waals surface area (Å²) in [5, 5.41) is 0. The van der Waals surface area contributed by atoms with Crippen LogP contribution in [0.5, 0.6) is 0 Å². The van der Waals surface area contributed by atoms with Gasteiger partial charge in [-0.05, 0) is 44.2 Å². The molecule has 1 saturated heterocycles. The van der Waals surface area contributed by atoms with Crippen molar-refractivity contribution >= 4 is 16.7 Å². The summed E-state index contributed by atoms with van der Waals surface area (Å²) in [5.41, 5.74) is 3.53. The molecular weight excluding hydrogens is 327 g/mol. The standard InChI is InChI=1S/C21H25FN4/c1-15(2)25-10-12-26(13-11-25)16-8-9-18(22)17(14-16)21-23-19-6-4-5-7-20(19)24(21)3/h4-9,14-15H,10-13H2,1-3H3. The molecule has 2 aromatic carbocycles. The van der Waals surface area contributed by atoms with E-state index < -0.39 is 0 Å². The summed E-state index contributed by atoms with van der Waals surface area (Å²) in [4.78, 5) is 9.48. The van der Waals surface area contributed by atoms with Gasteiger partial charge in [0, 0.05) is 45.0 Å². The van der Waals surface area contributed by atoms with Gasteiger partial charge in [-0.15, -0.1) is 0 Å². The molecule has 3 aromatic rings. The number of aryl methyl sites for hydroxylation is 1. The van der Waals surface area contributed by atoms with Gasteiger partial charge in [-0.2, -0.15) is 0 Å². The Balaban J connectivity index is 1.68. The van der Waals surface area contributed by atoms with E-state index in [0.29, 0.717) is 17.4 Å². The number of anilines is 1. The van der Waals surface area contributed by atoms with Gasteiger partial charge in [0.2, 0.25) is 0 Å². The molecule has 4 rings (SSSR count). The molecule has 26 heavy (non-hydrogen) atoms. The lowest BCUT2D eigenvalue weighted by atomic mass is 10.1. The maximum Gasteiger partial charge on any atom is 0.143 e. The predicted octanol–water partition coefficient (Wildman–Crippen LogP) is 3.91. The van der Waals surface area contributed by atoms with Crippen LogP contribution in [0.3, 0.4) is 0 Å². The van der Waals surface area contributed by atoms with E-state index in [-0.39, 0.29) is 5.82 Å².